The Morgan fingerprint density at radius 3 is 1.85 bits per heavy atom. The third-order valence-corrected chi connectivity index (χ3v) is 10.9. The summed E-state index contributed by atoms with van der Waals surface area (Å²) in [5, 5.41) is 2.62. The number of carbonyl (C=O) groups is 1. The SMILES string of the molecule is Cc1c(NC(=O)C2CN(S(=O)(=O)c3ccccc3)CCN2S(=O)(=O)c2ccccc2)c(=O)n(-c2ccccc2)n1C. The van der Waals surface area contributed by atoms with Crippen LogP contribution in [0.25, 0.3) is 5.69 Å². The number of benzene rings is 3. The molecular formula is C28H29N5O6S2. The summed E-state index contributed by atoms with van der Waals surface area (Å²) < 4.78 is 59.2. The smallest absolute Gasteiger partial charge is 0.295 e. The molecule has 3 aromatic carbocycles. The molecule has 0 saturated carbocycles. The molecule has 11 nitrogen and oxygen atoms in total. The molecule has 41 heavy (non-hydrogen) atoms. The van der Waals surface area contributed by atoms with E-state index in [0.29, 0.717) is 11.4 Å². The summed E-state index contributed by atoms with van der Waals surface area (Å²) in [6.07, 6.45) is 0. The van der Waals surface area contributed by atoms with Gasteiger partial charge in [-0.1, -0.05) is 54.6 Å². The van der Waals surface area contributed by atoms with Crippen LogP contribution in [-0.2, 0) is 31.9 Å². The Morgan fingerprint density at radius 1 is 0.780 bits per heavy atom. The van der Waals surface area contributed by atoms with Crippen molar-refractivity contribution in [2.24, 2.45) is 7.05 Å². The van der Waals surface area contributed by atoms with E-state index in [0.717, 1.165) is 8.61 Å². The van der Waals surface area contributed by atoms with Crippen LogP contribution in [0.1, 0.15) is 5.69 Å². The van der Waals surface area contributed by atoms with Crippen molar-refractivity contribution in [1.29, 1.82) is 0 Å². The summed E-state index contributed by atoms with van der Waals surface area (Å²) in [7, 11) is -6.55. The zero-order chi connectivity index (χ0) is 29.4. The number of aromatic nitrogens is 2. The minimum Gasteiger partial charge on any atom is -0.318 e. The van der Waals surface area contributed by atoms with Crippen molar-refractivity contribution < 1.29 is 21.6 Å². The van der Waals surface area contributed by atoms with E-state index >= 15 is 0 Å². The van der Waals surface area contributed by atoms with Crippen molar-refractivity contribution in [3.63, 3.8) is 0 Å². The second-order valence-corrected chi connectivity index (χ2v) is 13.4. The predicted molar refractivity (Wildman–Crippen MR) is 154 cm³/mol. The van der Waals surface area contributed by atoms with E-state index in [4.69, 9.17) is 0 Å². The lowest BCUT2D eigenvalue weighted by Gasteiger charge is -2.38. The van der Waals surface area contributed by atoms with E-state index in [-0.39, 0.29) is 28.6 Å². The minimum absolute atomic E-state index is 0.0264. The monoisotopic (exact) mass is 595 g/mol. The van der Waals surface area contributed by atoms with Gasteiger partial charge in [-0.15, -0.1) is 0 Å². The first-order chi connectivity index (χ1) is 19.5. The van der Waals surface area contributed by atoms with Crippen LogP contribution in [0.4, 0.5) is 5.69 Å². The van der Waals surface area contributed by atoms with Crippen LogP contribution in [0.15, 0.2) is 106 Å². The van der Waals surface area contributed by atoms with Gasteiger partial charge < -0.3 is 5.32 Å². The Hall–Kier alpha value is -4.04. The number of amides is 1. The maximum atomic E-state index is 13.8. The lowest BCUT2D eigenvalue weighted by molar-refractivity contribution is -0.120. The molecule has 0 bridgehead atoms. The molecule has 13 heteroatoms. The summed E-state index contributed by atoms with van der Waals surface area (Å²) in [4.78, 5) is 27.3. The Labute approximate surface area is 238 Å². The number of piperazine rings is 1. The first-order valence-corrected chi connectivity index (χ1v) is 15.7. The number of hydrogen-bond acceptors (Lipinski definition) is 6. The van der Waals surface area contributed by atoms with Gasteiger partial charge in [0.2, 0.25) is 26.0 Å². The van der Waals surface area contributed by atoms with Crippen molar-refractivity contribution >= 4 is 31.6 Å². The number of nitrogens with one attached hydrogen (secondary N) is 1. The summed E-state index contributed by atoms with van der Waals surface area (Å²) in [6, 6.07) is 22.8. The summed E-state index contributed by atoms with van der Waals surface area (Å²) in [6.45, 7) is 0.803. The highest BCUT2D eigenvalue weighted by molar-refractivity contribution is 7.89. The number of hydrogen-bond donors (Lipinski definition) is 1. The molecule has 0 spiro atoms. The number of carbonyl (C=O) groups excluding carboxylic acids is 1. The Kier molecular flexibility index (Phi) is 7.70. The molecule has 2 heterocycles. The molecular weight excluding hydrogens is 566 g/mol. The van der Waals surface area contributed by atoms with Crippen molar-refractivity contribution in [3.05, 3.63) is 107 Å². The maximum absolute atomic E-state index is 13.8. The van der Waals surface area contributed by atoms with Crippen LogP contribution in [-0.4, -0.2) is 66.4 Å². The standard InChI is InChI=1S/C28H29N5O6S2/c1-21-26(28(35)33(30(21)2)22-12-6-3-7-13-22)29-27(34)25-20-31(40(36,37)23-14-8-4-9-15-23)18-19-32(25)41(38,39)24-16-10-5-11-17-24/h3-17,25H,18-20H2,1-2H3,(H,29,34). The average molecular weight is 596 g/mol. The zero-order valence-corrected chi connectivity index (χ0v) is 24.0. The Balaban J connectivity index is 1.53. The van der Waals surface area contributed by atoms with E-state index in [2.05, 4.69) is 5.32 Å². The maximum Gasteiger partial charge on any atom is 0.295 e. The highest BCUT2D eigenvalue weighted by atomic mass is 32.2. The van der Waals surface area contributed by atoms with Gasteiger partial charge in [-0.05, 0) is 43.3 Å². The van der Waals surface area contributed by atoms with Gasteiger partial charge in [-0.2, -0.15) is 8.61 Å². The molecule has 4 aromatic rings. The quantitative estimate of drug-likeness (QED) is 0.349. The normalized spacial score (nSPS) is 16.9. The van der Waals surface area contributed by atoms with Gasteiger partial charge >= 0.3 is 0 Å². The van der Waals surface area contributed by atoms with E-state index < -0.39 is 44.1 Å². The third-order valence-electron chi connectivity index (χ3n) is 7.13. The second-order valence-electron chi connectivity index (χ2n) is 9.55. The predicted octanol–water partition coefficient (Wildman–Crippen LogP) is 2.19. The number of rotatable bonds is 7. The van der Waals surface area contributed by atoms with E-state index in [9.17, 15) is 26.4 Å². The number of sulfonamides is 2. The van der Waals surface area contributed by atoms with Gasteiger partial charge in [-0.25, -0.2) is 21.5 Å². The highest BCUT2D eigenvalue weighted by Gasteiger charge is 2.43. The van der Waals surface area contributed by atoms with Crippen molar-refractivity contribution in [1.82, 2.24) is 18.0 Å². The van der Waals surface area contributed by atoms with Gasteiger partial charge in [0.05, 0.1) is 21.2 Å². The molecule has 1 atom stereocenters. The molecule has 214 valence electrons. The molecule has 1 aromatic heterocycles. The Morgan fingerprint density at radius 2 is 1.29 bits per heavy atom. The molecule has 1 unspecified atom stereocenters. The van der Waals surface area contributed by atoms with Gasteiger partial charge in [0.25, 0.3) is 5.56 Å². The van der Waals surface area contributed by atoms with Crippen molar-refractivity contribution in [2.75, 3.05) is 25.0 Å². The van der Waals surface area contributed by atoms with Crippen LogP contribution in [0.5, 0.6) is 0 Å². The minimum atomic E-state index is -4.19. The fourth-order valence-electron chi connectivity index (χ4n) is 4.85. The molecule has 1 N–H and O–H groups in total. The van der Waals surface area contributed by atoms with Gasteiger partial charge in [0.1, 0.15) is 11.7 Å². The average Bonchev–Trinajstić information content (AvgIpc) is 3.20. The van der Waals surface area contributed by atoms with Crippen LogP contribution in [0, 0.1) is 6.92 Å². The molecule has 0 radical (unpaired) electrons. The topological polar surface area (TPSA) is 131 Å². The van der Waals surface area contributed by atoms with Crippen molar-refractivity contribution in [2.45, 2.75) is 22.8 Å². The number of para-hydroxylation sites is 1. The van der Waals surface area contributed by atoms with Crippen LogP contribution in [0.3, 0.4) is 0 Å². The summed E-state index contributed by atoms with van der Waals surface area (Å²) in [5.74, 6) is -0.816. The van der Waals surface area contributed by atoms with Crippen LogP contribution in [0.2, 0.25) is 0 Å². The van der Waals surface area contributed by atoms with Gasteiger partial charge in [-0.3, -0.25) is 14.3 Å². The molecule has 1 fully saturated rings. The first kappa shape index (κ1) is 28.5. The van der Waals surface area contributed by atoms with Crippen LogP contribution < -0.4 is 10.9 Å². The summed E-state index contributed by atoms with van der Waals surface area (Å²) in [5.41, 5.74) is 0.483. The first-order valence-electron chi connectivity index (χ1n) is 12.8. The molecule has 1 saturated heterocycles. The molecule has 1 aliphatic rings. The fraction of sp³-hybridized carbons (Fsp3) is 0.214. The summed E-state index contributed by atoms with van der Waals surface area (Å²) >= 11 is 0. The van der Waals surface area contributed by atoms with Gasteiger partial charge in [0.15, 0.2) is 0 Å². The molecule has 1 aliphatic heterocycles. The zero-order valence-electron chi connectivity index (χ0n) is 22.4. The van der Waals surface area contributed by atoms with E-state index in [1.54, 1.807) is 79.3 Å². The second kappa shape index (κ2) is 11.1. The largest absolute Gasteiger partial charge is 0.318 e. The number of nitrogens with zero attached hydrogens (tertiary/aromatic N) is 4. The highest BCUT2D eigenvalue weighted by Crippen LogP contribution is 2.26. The van der Waals surface area contributed by atoms with Crippen molar-refractivity contribution in [3.8, 4) is 5.69 Å². The van der Waals surface area contributed by atoms with E-state index in [1.165, 1.54) is 28.9 Å². The molecule has 1 amide bonds. The third kappa shape index (κ3) is 5.24. The lowest BCUT2D eigenvalue weighted by atomic mass is 10.2. The van der Waals surface area contributed by atoms with Crippen LogP contribution >= 0.6 is 0 Å². The van der Waals surface area contributed by atoms with Gasteiger partial charge in [0, 0.05) is 26.7 Å². The fourth-order valence-corrected chi connectivity index (χ4v) is 7.90. The lowest BCUT2D eigenvalue weighted by Crippen LogP contribution is -2.60. The molecule has 5 rings (SSSR count). The molecule has 0 aliphatic carbocycles. The Bertz CT molecular complexity index is 1840. The van der Waals surface area contributed by atoms with E-state index in [1.807, 2.05) is 6.07 Å². The number of anilines is 1.